The lowest BCUT2D eigenvalue weighted by atomic mass is 9.89. The lowest BCUT2D eigenvalue weighted by Gasteiger charge is -2.46. The minimum absolute atomic E-state index is 0.223. The van der Waals surface area contributed by atoms with Crippen molar-refractivity contribution in [3.8, 4) is 5.75 Å². The summed E-state index contributed by atoms with van der Waals surface area (Å²) in [5.74, 6) is 0.0346. The quantitative estimate of drug-likeness (QED) is 0.643. The normalized spacial score (nSPS) is 19.9. The van der Waals surface area contributed by atoms with Crippen molar-refractivity contribution >= 4 is 17.6 Å². The molecule has 3 rings (SSSR count). The summed E-state index contributed by atoms with van der Waals surface area (Å²) in [5.41, 5.74) is 1.67. The van der Waals surface area contributed by atoms with E-state index in [9.17, 15) is 9.59 Å². The van der Waals surface area contributed by atoms with Crippen molar-refractivity contribution in [1.82, 2.24) is 0 Å². The highest BCUT2D eigenvalue weighted by molar-refractivity contribution is 6.06. The van der Waals surface area contributed by atoms with E-state index < -0.39 is 12.1 Å². The van der Waals surface area contributed by atoms with Gasteiger partial charge in [0, 0.05) is 12.6 Å². The summed E-state index contributed by atoms with van der Waals surface area (Å²) < 4.78 is 10.3. The third-order valence-electron chi connectivity index (χ3n) is 3.83. The molecule has 0 aliphatic carbocycles. The van der Waals surface area contributed by atoms with Crippen molar-refractivity contribution in [2.45, 2.75) is 19.1 Å². The second-order valence-corrected chi connectivity index (χ2v) is 5.29. The highest BCUT2D eigenvalue weighted by Gasteiger charge is 2.51. The maximum atomic E-state index is 12.5. The van der Waals surface area contributed by atoms with E-state index in [4.69, 9.17) is 9.47 Å². The molecule has 0 spiro atoms. The molecule has 1 fully saturated rings. The van der Waals surface area contributed by atoms with Crippen molar-refractivity contribution in [2.24, 2.45) is 0 Å². The fraction of sp³-hybridized carbons (Fsp3) is 0.222. The van der Waals surface area contributed by atoms with Crippen molar-refractivity contribution in [1.29, 1.82) is 0 Å². The monoisotopic (exact) mass is 311 g/mol. The standard InChI is InChI=1S/C18H17NO4/c1-12(20)23-17-16(13-6-4-3-5-7-13)19(18(17)21)14-8-10-15(22-2)11-9-14/h3-11,16-17H,1-2H3. The van der Waals surface area contributed by atoms with Crippen LogP contribution in [0, 0.1) is 0 Å². The van der Waals surface area contributed by atoms with E-state index in [0.29, 0.717) is 0 Å². The van der Waals surface area contributed by atoms with Gasteiger partial charge in [0.05, 0.1) is 7.11 Å². The van der Waals surface area contributed by atoms with Gasteiger partial charge in [0.1, 0.15) is 11.8 Å². The maximum Gasteiger partial charge on any atom is 0.303 e. The maximum absolute atomic E-state index is 12.5. The first-order valence-electron chi connectivity index (χ1n) is 7.31. The Morgan fingerprint density at radius 2 is 1.70 bits per heavy atom. The van der Waals surface area contributed by atoms with Gasteiger partial charge in [-0.05, 0) is 29.8 Å². The van der Waals surface area contributed by atoms with Gasteiger partial charge in [-0.15, -0.1) is 0 Å². The Morgan fingerprint density at radius 1 is 1.04 bits per heavy atom. The van der Waals surface area contributed by atoms with E-state index in [-0.39, 0.29) is 11.9 Å². The van der Waals surface area contributed by atoms with Crippen molar-refractivity contribution < 1.29 is 19.1 Å². The lowest BCUT2D eigenvalue weighted by molar-refractivity contribution is -0.160. The summed E-state index contributed by atoms with van der Waals surface area (Å²) in [7, 11) is 1.59. The molecule has 118 valence electrons. The number of methoxy groups -OCH3 is 1. The Labute approximate surface area is 134 Å². The van der Waals surface area contributed by atoms with Crippen LogP contribution in [0.5, 0.6) is 5.75 Å². The van der Waals surface area contributed by atoms with E-state index in [0.717, 1.165) is 17.0 Å². The number of β-lactam (4-membered cyclic amide) rings is 1. The van der Waals surface area contributed by atoms with Crippen LogP contribution in [0.2, 0.25) is 0 Å². The van der Waals surface area contributed by atoms with Crippen LogP contribution in [0.4, 0.5) is 5.69 Å². The van der Waals surface area contributed by atoms with E-state index >= 15 is 0 Å². The lowest BCUT2D eigenvalue weighted by Crippen LogP contribution is -2.60. The summed E-state index contributed by atoms with van der Waals surface area (Å²) in [4.78, 5) is 25.4. The minimum Gasteiger partial charge on any atom is -0.497 e. The molecule has 1 saturated heterocycles. The van der Waals surface area contributed by atoms with Crippen LogP contribution in [-0.2, 0) is 14.3 Å². The zero-order valence-corrected chi connectivity index (χ0v) is 12.9. The third-order valence-corrected chi connectivity index (χ3v) is 3.83. The molecule has 0 bridgehead atoms. The zero-order chi connectivity index (χ0) is 16.4. The fourth-order valence-corrected chi connectivity index (χ4v) is 2.76. The average molecular weight is 311 g/mol. The predicted molar refractivity (Wildman–Crippen MR) is 85.2 cm³/mol. The Bertz CT molecular complexity index is 712. The molecule has 1 heterocycles. The zero-order valence-electron chi connectivity index (χ0n) is 12.9. The molecule has 1 aliphatic rings. The molecule has 1 aliphatic heterocycles. The van der Waals surface area contributed by atoms with Gasteiger partial charge >= 0.3 is 5.97 Å². The average Bonchev–Trinajstić information content (AvgIpc) is 2.58. The third kappa shape index (κ3) is 2.77. The first-order valence-corrected chi connectivity index (χ1v) is 7.31. The molecule has 0 aromatic heterocycles. The Balaban J connectivity index is 1.94. The highest BCUT2D eigenvalue weighted by Crippen LogP contribution is 2.41. The second-order valence-electron chi connectivity index (χ2n) is 5.29. The largest absolute Gasteiger partial charge is 0.497 e. The van der Waals surface area contributed by atoms with Gasteiger partial charge in [-0.3, -0.25) is 14.5 Å². The van der Waals surface area contributed by atoms with Gasteiger partial charge in [0.15, 0.2) is 0 Å². The number of rotatable bonds is 4. The van der Waals surface area contributed by atoms with Crippen molar-refractivity contribution in [2.75, 3.05) is 12.0 Å². The van der Waals surface area contributed by atoms with Crippen molar-refractivity contribution in [3.05, 3.63) is 60.2 Å². The Hall–Kier alpha value is -2.82. The number of amides is 1. The summed E-state index contributed by atoms with van der Waals surface area (Å²) in [6, 6.07) is 16.4. The van der Waals surface area contributed by atoms with Crippen LogP contribution < -0.4 is 9.64 Å². The number of esters is 1. The van der Waals surface area contributed by atoms with E-state index in [2.05, 4.69) is 0 Å². The van der Waals surface area contributed by atoms with Gasteiger partial charge in [-0.25, -0.2) is 0 Å². The molecule has 5 heteroatoms. The molecular formula is C18H17NO4. The smallest absolute Gasteiger partial charge is 0.303 e. The van der Waals surface area contributed by atoms with E-state index in [1.807, 2.05) is 42.5 Å². The van der Waals surface area contributed by atoms with Gasteiger partial charge < -0.3 is 9.47 Å². The minimum atomic E-state index is -0.781. The summed E-state index contributed by atoms with van der Waals surface area (Å²) in [5, 5.41) is 0. The number of benzene rings is 2. The highest BCUT2D eigenvalue weighted by atomic mass is 16.6. The summed E-state index contributed by atoms with van der Waals surface area (Å²) >= 11 is 0. The number of ether oxygens (including phenoxy) is 2. The van der Waals surface area contributed by atoms with Crippen LogP contribution >= 0.6 is 0 Å². The van der Waals surface area contributed by atoms with Crippen LogP contribution in [0.3, 0.4) is 0 Å². The van der Waals surface area contributed by atoms with Gasteiger partial charge in [-0.1, -0.05) is 30.3 Å². The molecule has 1 amide bonds. The van der Waals surface area contributed by atoms with Crippen LogP contribution in [0.15, 0.2) is 54.6 Å². The first kappa shape index (κ1) is 15.1. The molecule has 5 nitrogen and oxygen atoms in total. The van der Waals surface area contributed by atoms with Crippen LogP contribution in [0.1, 0.15) is 18.5 Å². The molecule has 0 saturated carbocycles. The molecule has 0 radical (unpaired) electrons. The number of carbonyl (C=O) groups is 2. The topological polar surface area (TPSA) is 55.8 Å². The molecule has 0 N–H and O–H groups in total. The van der Waals surface area contributed by atoms with Crippen LogP contribution in [0.25, 0.3) is 0 Å². The molecule has 2 atom stereocenters. The number of carbonyl (C=O) groups excluding carboxylic acids is 2. The van der Waals surface area contributed by atoms with E-state index in [1.54, 1.807) is 24.1 Å². The number of nitrogens with zero attached hydrogens (tertiary/aromatic N) is 1. The van der Waals surface area contributed by atoms with Gasteiger partial charge in [0.2, 0.25) is 6.10 Å². The van der Waals surface area contributed by atoms with Crippen LogP contribution in [-0.4, -0.2) is 25.1 Å². The molecule has 23 heavy (non-hydrogen) atoms. The number of anilines is 1. The van der Waals surface area contributed by atoms with Gasteiger partial charge in [0.25, 0.3) is 5.91 Å². The first-order chi connectivity index (χ1) is 11.1. The molecule has 2 unspecified atom stereocenters. The Kier molecular flexibility index (Phi) is 4.02. The van der Waals surface area contributed by atoms with Gasteiger partial charge in [-0.2, -0.15) is 0 Å². The summed E-state index contributed by atoms with van der Waals surface area (Å²) in [6.07, 6.45) is -0.781. The molecule has 2 aromatic rings. The summed E-state index contributed by atoms with van der Waals surface area (Å²) in [6.45, 7) is 1.31. The number of hydrogen-bond donors (Lipinski definition) is 0. The predicted octanol–water partition coefficient (Wildman–Crippen LogP) is 2.71. The Morgan fingerprint density at radius 3 is 2.26 bits per heavy atom. The second kappa shape index (κ2) is 6.12. The molecular weight excluding hydrogens is 294 g/mol. The van der Waals surface area contributed by atoms with Crippen molar-refractivity contribution in [3.63, 3.8) is 0 Å². The van der Waals surface area contributed by atoms with E-state index in [1.165, 1.54) is 6.92 Å². The molecule has 2 aromatic carbocycles. The fourth-order valence-electron chi connectivity index (χ4n) is 2.76. The number of hydrogen-bond acceptors (Lipinski definition) is 4. The SMILES string of the molecule is COc1ccc(N2C(=O)C(OC(C)=O)C2c2ccccc2)cc1.